The lowest BCUT2D eigenvalue weighted by atomic mass is 10.0. The summed E-state index contributed by atoms with van der Waals surface area (Å²) in [6.45, 7) is 4.01. The van der Waals surface area contributed by atoms with Crippen LogP contribution in [0.4, 0.5) is 18.9 Å². The number of anilines is 1. The summed E-state index contributed by atoms with van der Waals surface area (Å²) in [6, 6.07) is 14.1. The van der Waals surface area contributed by atoms with E-state index >= 15 is 0 Å². The lowest BCUT2D eigenvalue weighted by Crippen LogP contribution is -2.14. The molecule has 29 heavy (non-hydrogen) atoms. The second-order valence-corrected chi connectivity index (χ2v) is 7.48. The van der Waals surface area contributed by atoms with E-state index in [2.05, 4.69) is 15.5 Å². The number of aryl methyl sites for hydroxylation is 2. The predicted molar refractivity (Wildman–Crippen MR) is 108 cm³/mol. The van der Waals surface area contributed by atoms with Crippen molar-refractivity contribution in [3.05, 3.63) is 71.3 Å². The summed E-state index contributed by atoms with van der Waals surface area (Å²) in [5, 5.41) is 11.5. The topological polar surface area (TPSA) is 54.9 Å². The molecule has 1 amide bonds. The van der Waals surface area contributed by atoms with Crippen LogP contribution in [-0.4, -0.2) is 21.9 Å². The number of benzene rings is 2. The molecule has 0 radical (unpaired) electrons. The van der Waals surface area contributed by atoms with Gasteiger partial charge in [0, 0.05) is 11.3 Å². The molecule has 3 aromatic rings. The fraction of sp³-hybridized carbons (Fsp3) is 0.190. The summed E-state index contributed by atoms with van der Waals surface area (Å²) < 4.78 is 37.7. The Kier molecular flexibility index (Phi) is 6.22. The van der Waals surface area contributed by atoms with Gasteiger partial charge in [-0.3, -0.25) is 4.79 Å². The van der Waals surface area contributed by atoms with Crippen LogP contribution in [0, 0.1) is 13.8 Å². The molecule has 4 nitrogen and oxygen atoms in total. The highest BCUT2D eigenvalue weighted by Gasteiger charge is 2.29. The summed E-state index contributed by atoms with van der Waals surface area (Å²) >= 11 is 1.20. The normalized spacial score (nSPS) is 11.3. The third-order valence-electron chi connectivity index (χ3n) is 4.16. The van der Waals surface area contributed by atoms with E-state index < -0.39 is 11.7 Å². The van der Waals surface area contributed by atoms with Gasteiger partial charge in [0.1, 0.15) is 5.03 Å². The van der Waals surface area contributed by atoms with Gasteiger partial charge in [-0.05, 0) is 61.9 Å². The van der Waals surface area contributed by atoms with E-state index in [4.69, 9.17) is 0 Å². The summed E-state index contributed by atoms with van der Waals surface area (Å²) in [5.74, 6) is -0.270. The Balaban J connectivity index is 1.57. The molecule has 1 aromatic heterocycles. The third-order valence-corrected chi connectivity index (χ3v) is 5.08. The number of rotatable bonds is 5. The van der Waals surface area contributed by atoms with Gasteiger partial charge in [0.25, 0.3) is 0 Å². The predicted octanol–water partition coefficient (Wildman–Crippen LogP) is 5.51. The Labute approximate surface area is 170 Å². The van der Waals surface area contributed by atoms with Crippen molar-refractivity contribution in [1.82, 2.24) is 10.2 Å². The summed E-state index contributed by atoms with van der Waals surface area (Å²) in [6.07, 6.45) is -4.40. The first kappa shape index (κ1) is 20.9. The highest BCUT2D eigenvalue weighted by atomic mass is 32.2. The number of hydrogen-bond acceptors (Lipinski definition) is 4. The highest BCUT2D eigenvalue weighted by Crippen LogP contribution is 2.30. The molecule has 1 heterocycles. The Hall–Kier alpha value is -2.87. The highest BCUT2D eigenvalue weighted by molar-refractivity contribution is 7.99. The molecule has 0 unspecified atom stereocenters. The van der Waals surface area contributed by atoms with Crippen LogP contribution in [0.15, 0.2) is 59.6 Å². The number of carbonyl (C=O) groups excluding carboxylic acids is 1. The zero-order valence-corrected chi connectivity index (χ0v) is 16.6. The molecule has 0 atom stereocenters. The monoisotopic (exact) mass is 417 g/mol. The minimum absolute atomic E-state index is 0.0680. The molecule has 0 aliphatic rings. The Bertz CT molecular complexity index is 1000. The van der Waals surface area contributed by atoms with Gasteiger partial charge in [-0.15, -0.1) is 10.2 Å². The van der Waals surface area contributed by atoms with Crippen molar-refractivity contribution >= 4 is 23.4 Å². The van der Waals surface area contributed by atoms with Gasteiger partial charge < -0.3 is 5.32 Å². The largest absolute Gasteiger partial charge is 0.416 e. The fourth-order valence-corrected chi connectivity index (χ4v) is 3.25. The van der Waals surface area contributed by atoms with Crippen LogP contribution in [0.2, 0.25) is 0 Å². The number of nitrogens with zero attached hydrogens (tertiary/aromatic N) is 2. The molecule has 8 heteroatoms. The zero-order valence-electron chi connectivity index (χ0n) is 15.7. The summed E-state index contributed by atoms with van der Waals surface area (Å²) in [4.78, 5) is 12.0. The smallest absolute Gasteiger partial charge is 0.325 e. The number of nitrogens with one attached hydrogen (secondary N) is 1. The minimum atomic E-state index is -4.40. The van der Waals surface area contributed by atoms with Crippen LogP contribution < -0.4 is 5.32 Å². The number of hydrogen-bond donors (Lipinski definition) is 1. The molecule has 0 aliphatic carbocycles. The Morgan fingerprint density at radius 3 is 2.34 bits per heavy atom. The standard InChI is InChI=1S/C21H18F3N3OS/c1-13-3-4-14(2)17(11-13)18-9-10-20(27-26-18)29-12-19(28)25-16-7-5-15(6-8-16)21(22,23)24/h3-11H,12H2,1-2H3,(H,25,28). The molecular weight excluding hydrogens is 399 g/mol. The molecule has 150 valence electrons. The van der Waals surface area contributed by atoms with Gasteiger partial charge in [0.05, 0.1) is 17.0 Å². The second kappa shape index (κ2) is 8.65. The molecule has 3 rings (SSSR count). The quantitative estimate of drug-likeness (QED) is 0.556. The molecular formula is C21H18F3N3OS. The van der Waals surface area contributed by atoms with Crippen LogP contribution in [-0.2, 0) is 11.0 Å². The summed E-state index contributed by atoms with van der Waals surface area (Å²) in [7, 11) is 0. The average Bonchev–Trinajstić information content (AvgIpc) is 2.68. The molecule has 1 N–H and O–H groups in total. The van der Waals surface area contributed by atoms with Gasteiger partial charge in [0.2, 0.25) is 5.91 Å². The number of halogens is 3. The van der Waals surface area contributed by atoms with Gasteiger partial charge in [0.15, 0.2) is 0 Å². The maximum absolute atomic E-state index is 12.6. The van der Waals surface area contributed by atoms with E-state index in [1.54, 1.807) is 6.07 Å². The molecule has 0 spiro atoms. The van der Waals surface area contributed by atoms with Crippen LogP contribution in [0.3, 0.4) is 0 Å². The second-order valence-electron chi connectivity index (χ2n) is 6.49. The number of carbonyl (C=O) groups is 1. The minimum Gasteiger partial charge on any atom is -0.325 e. The van der Waals surface area contributed by atoms with E-state index in [1.807, 2.05) is 38.1 Å². The summed E-state index contributed by atoms with van der Waals surface area (Å²) in [5.41, 5.74) is 3.54. The van der Waals surface area contributed by atoms with Crippen molar-refractivity contribution in [3.63, 3.8) is 0 Å². The van der Waals surface area contributed by atoms with Gasteiger partial charge in [-0.1, -0.05) is 29.5 Å². The lowest BCUT2D eigenvalue weighted by molar-refractivity contribution is -0.137. The van der Waals surface area contributed by atoms with Crippen LogP contribution in [0.1, 0.15) is 16.7 Å². The van der Waals surface area contributed by atoms with E-state index in [1.165, 1.54) is 23.9 Å². The van der Waals surface area contributed by atoms with E-state index in [0.29, 0.717) is 10.7 Å². The third kappa shape index (κ3) is 5.57. The van der Waals surface area contributed by atoms with Crippen molar-refractivity contribution in [1.29, 1.82) is 0 Å². The number of aromatic nitrogens is 2. The maximum atomic E-state index is 12.6. The molecule has 2 aromatic carbocycles. The van der Waals surface area contributed by atoms with Crippen molar-refractivity contribution < 1.29 is 18.0 Å². The zero-order chi connectivity index (χ0) is 21.0. The Morgan fingerprint density at radius 2 is 1.72 bits per heavy atom. The van der Waals surface area contributed by atoms with Gasteiger partial charge in [-0.2, -0.15) is 13.2 Å². The first-order valence-corrected chi connectivity index (χ1v) is 9.72. The van der Waals surface area contributed by atoms with Crippen LogP contribution in [0.5, 0.6) is 0 Å². The van der Waals surface area contributed by atoms with Crippen molar-refractivity contribution in [2.45, 2.75) is 25.0 Å². The number of thioether (sulfide) groups is 1. The van der Waals surface area contributed by atoms with Crippen molar-refractivity contribution in [2.24, 2.45) is 0 Å². The van der Waals surface area contributed by atoms with E-state index in [0.717, 1.165) is 34.5 Å². The maximum Gasteiger partial charge on any atom is 0.416 e. The first-order valence-electron chi connectivity index (χ1n) is 8.73. The van der Waals surface area contributed by atoms with Crippen molar-refractivity contribution in [2.75, 3.05) is 11.1 Å². The van der Waals surface area contributed by atoms with E-state index in [9.17, 15) is 18.0 Å². The SMILES string of the molecule is Cc1ccc(C)c(-c2ccc(SCC(=O)Nc3ccc(C(F)(F)F)cc3)nn2)c1. The van der Waals surface area contributed by atoms with Crippen LogP contribution in [0.25, 0.3) is 11.3 Å². The average molecular weight is 417 g/mol. The van der Waals surface area contributed by atoms with E-state index in [-0.39, 0.29) is 11.7 Å². The lowest BCUT2D eigenvalue weighted by Gasteiger charge is -2.09. The molecule has 0 bridgehead atoms. The molecule has 0 saturated carbocycles. The molecule has 0 saturated heterocycles. The molecule has 0 fully saturated rings. The van der Waals surface area contributed by atoms with Gasteiger partial charge in [-0.25, -0.2) is 0 Å². The van der Waals surface area contributed by atoms with Crippen LogP contribution >= 0.6 is 11.8 Å². The fourth-order valence-electron chi connectivity index (χ4n) is 2.63. The number of amides is 1. The number of alkyl halides is 3. The molecule has 0 aliphatic heterocycles. The first-order chi connectivity index (χ1) is 13.7. The van der Waals surface area contributed by atoms with Gasteiger partial charge >= 0.3 is 6.18 Å². The van der Waals surface area contributed by atoms with Crippen molar-refractivity contribution in [3.8, 4) is 11.3 Å². The Morgan fingerprint density at radius 1 is 1.00 bits per heavy atom.